The molecule has 2 aromatic carbocycles. The van der Waals surface area contributed by atoms with Gasteiger partial charge in [-0.15, -0.1) is 0 Å². The first-order chi connectivity index (χ1) is 9.88. The van der Waals surface area contributed by atoms with Gasteiger partial charge in [-0.2, -0.15) is 13.2 Å². The van der Waals surface area contributed by atoms with E-state index in [4.69, 9.17) is 0 Å². The smallest absolute Gasteiger partial charge is 0.296 e. The molecule has 112 valence electrons. The summed E-state index contributed by atoms with van der Waals surface area (Å²) in [5, 5.41) is 2.67. The molecule has 2 atom stereocenters. The first-order valence-corrected chi connectivity index (χ1v) is 7.30. The number of hydrogen-bond acceptors (Lipinski definition) is 1. The summed E-state index contributed by atoms with van der Waals surface area (Å²) < 4.78 is 40.7. The van der Waals surface area contributed by atoms with Gasteiger partial charge in [-0.25, -0.2) is 0 Å². The third-order valence-corrected chi connectivity index (χ3v) is 3.78. The van der Waals surface area contributed by atoms with Crippen LogP contribution in [0.2, 0.25) is 0 Å². The van der Waals surface area contributed by atoms with Crippen molar-refractivity contribution >= 4 is 15.9 Å². The second-order valence-electron chi connectivity index (χ2n) is 4.83. The number of halogens is 4. The number of rotatable bonds is 4. The highest BCUT2D eigenvalue weighted by Gasteiger charge is 2.41. The van der Waals surface area contributed by atoms with Crippen molar-refractivity contribution in [2.45, 2.75) is 25.2 Å². The quantitative estimate of drug-likeness (QED) is 0.771. The third kappa shape index (κ3) is 4.32. The number of nitrogens with one attached hydrogen (secondary N) is 1. The molecule has 0 radical (unpaired) electrons. The van der Waals surface area contributed by atoms with Crippen molar-refractivity contribution in [2.75, 3.05) is 0 Å². The molecule has 0 aliphatic rings. The summed E-state index contributed by atoms with van der Waals surface area (Å²) in [6.45, 7) is 1.73. The van der Waals surface area contributed by atoms with Crippen molar-refractivity contribution in [3.63, 3.8) is 0 Å². The minimum absolute atomic E-state index is 0.217. The van der Waals surface area contributed by atoms with Gasteiger partial charge in [-0.1, -0.05) is 58.4 Å². The highest BCUT2D eigenvalue weighted by atomic mass is 79.9. The molecule has 21 heavy (non-hydrogen) atoms. The number of hydrogen-bond donors (Lipinski definition) is 1. The maximum Gasteiger partial charge on any atom is 0.407 e. The van der Waals surface area contributed by atoms with E-state index >= 15 is 0 Å². The molecule has 0 aliphatic heterocycles. The largest absolute Gasteiger partial charge is 0.407 e. The van der Waals surface area contributed by atoms with Crippen LogP contribution < -0.4 is 5.32 Å². The molecule has 5 heteroatoms. The van der Waals surface area contributed by atoms with E-state index in [1.807, 2.05) is 12.1 Å². The molecule has 0 amide bonds. The second-order valence-corrected chi connectivity index (χ2v) is 5.74. The van der Waals surface area contributed by atoms with Gasteiger partial charge >= 0.3 is 6.18 Å². The number of benzene rings is 2. The minimum atomic E-state index is -4.34. The van der Waals surface area contributed by atoms with Gasteiger partial charge in [-0.05, 0) is 30.2 Å². The summed E-state index contributed by atoms with van der Waals surface area (Å²) in [5.74, 6) is 0. The SMILES string of the molecule is C[C@H](NC(c1ccccc1)C(F)(F)F)c1ccc(Br)cc1. The lowest BCUT2D eigenvalue weighted by molar-refractivity contribution is -0.159. The molecular formula is C16H15BrF3N. The fourth-order valence-corrected chi connectivity index (χ4v) is 2.39. The summed E-state index contributed by atoms with van der Waals surface area (Å²) in [7, 11) is 0. The van der Waals surface area contributed by atoms with E-state index in [0.717, 1.165) is 10.0 Å². The Morgan fingerprint density at radius 2 is 1.48 bits per heavy atom. The Balaban J connectivity index is 2.21. The van der Waals surface area contributed by atoms with Crippen molar-refractivity contribution in [3.8, 4) is 0 Å². The zero-order valence-corrected chi connectivity index (χ0v) is 12.9. The van der Waals surface area contributed by atoms with Crippen molar-refractivity contribution in [1.82, 2.24) is 5.32 Å². The van der Waals surface area contributed by atoms with E-state index in [9.17, 15) is 13.2 Å². The molecular weight excluding hydrogens is 343 g/mol. The van der Waals surface area contributed by atoms with Crippen LogP contribution in [0.25, 0.3) is 0 Å². The van der Waals surface area contributed by atoms with Crippen molar-refractivity contribution in [3.05, 3.63) is 70.2 Å². The number of alkyl halides is 3. The Bertz CT molecular complexity index is 566. The third-order valence-electron chi connectivity index (χ3n) is 3.25. The summed E-state index contributed by atoms with van der Waals surface area (Å²) >= 11 is 3.31. The molecule has 1 nitrogen and oxygen atoms in total. The molecule has 0 aliphatic carbocycles. The second kappa shape index (κ2) is 6.62. The van der Waals surface area contributed by atoms with Crippen LogP contribution in [0.3, 0.4) is 0 Å². The zero-order chi connectivity index (χ0) is 15.5. The van der Waals surface area contributed by atoms with Crippen molar-refractivity contribution in [1.29, 1.82) is 0 Å². The van der Waals surface area contributed by atoms with Crippen LogP contribution in [0, 0.1) is 0 Å². The molecule has 0 fully saturated rings. The molecule has 0 bridgehead atoms. The Hall–Kier alpha value is -1.33. The van der Waals surface area contributed by atoms with Gasteiger partial charge in [0.05, 0.1) is 0 Å². The standard InChI is InChI=1S/C16H15BrF3N/c1-11(12-7-9-14(17)10-8-12)21-15(16(18,19)20)13-5-3-2-4-6-13/h2-11,15,21H,1H3/t11-,15?/m0/s1. The Morgan fingerprint density at radius 1 is 0.905 bits per heavy atom. The summed E-state index contributed by atoms with van der Waals surface area (Å²) in [5.41, 5.74) is 1.03. The highest BCUT2D eigenvalue weighted by molar-refractivity contribution is 9.10. The van der Waals surface area contributed by atoms with Gasteiger partial charge in [0.2, 0.25) is 0 Å². The van der Waals surface area contributed by atoms with E-state index < -0.39 is 18.3 Å². The minimum Gasteiger partial charge on any atom is -0.296 e. The molecule has 0 saturated heterocycles. The van der Waals surface area contributed by atoms with Crippen LogP contribution in [0.1, 0.15) is 30.1 Å². The topological polar surface area (TPSA) is 12.0 Å². The van der Waals surface area contributed by atoms with Crippen LogP contribution in [-0.4, -0.2) is 6.18 Å². The van der Waals surface area contributed by atoms with E-state index in [-0.39, 0.29) is 5.56 Å². The first kappa shape index (κ1) is 16.0. The van der Waals surface area contributed by atoms with Crippen LogP contribution in [0.5, 0.6) is 0 Å². The maximum absolute atomic E-state index is 13.3. The Morgan fingerprint density at radius 3 is 2.00 bits per heavy atom. The molecule has 0 spiro atoms. The van der Waals surface area contributed by atoms with Gasteiger partial charge in [-0.3, -0.25) is 5.32 Å². The molecule has 1 N–H and O–H groups in total. The van der Waals surface area contributed by atoms with Gasteiger partial charge in [0, 0.05) is 10.5 Å². The van der Waals surface area contributed by atoms with E-state index in [2.05, 4.69) is 21.2 Å². The fourth-order valence-electron chi connectivity index (χ4n) is 2.12. The lowest BCUT2D eigenvalue weighted by atomic mass is 10.0. The van der Waals surface area contributed by atoms with Crippen LogP contribution in [0.15, 0.2) is 59.1 Å². The average molecular weight is 358 g/mol. The van der Waals surface area contributed by atoms with E-state index in [0.29, 0.717) is 0 Å². The molecule has 2 aromatic rings. The lowest BCUT2D eigenvalue weighted by Gasteiger charge is -2.26. The summed E-state index contributed by atoms with van der Waals surface area (Å²) in [6, 6.07) is 13.0. The van der Waals surface area contributed by atoms with E-state index in [1.165, 1.54) is 12.1 Å². The molecule has 0 aromatic heterocycles. The van der Waals surface area contributed by atoms with Gasteiger partial charge in [0.1, 0.15) is 6.04 Å². The Labute approximate surface area is 130 Å². The van der Waals surface area contributed by atoms with Gasteiger partial charge in [0.15, 0.2) is 0 Å². The molecule has 1 unspecified atom stereocenters. The van der Waals surface area contributed by atoms with Gasteiger partial charge in [0.25, 0.3) is 0 Å². The molecule has 0 heterocycles. The predicted molar refractivity (Wildman–Crippen MR) is 80.9 cm³/mol. The maximum atomic E-state index is 13.3. The monoisotopic (exact) mass is 357 g/mol. The highest BCUT2D eigenvalue weighted by Crippen LogP contribution is 2.34. The van der Waals surface area contributed by atoms with Crippen LogP contribution in [0.4, 0.5) is 13.2 Å². The van der Waals surface area contributed by atoms with E-state index in [1.54, 1.807) is 37.3 Å². The molecule has 0 saturated carbocycles. The first-order valence-electron chi connectivity index (χ1n) is 6.51. The zero-order valence-electron chi connectivity index (χ0n) is 11.4. The Kier molecular flexibility index (Phi) is 5.06. The van der Waals surface area contributed by atoms with Crippen molar-refractivity contribution < 1.29 is 13.2 Å². The predicted octanol–water partition coefficient (Wildman–Crippen LogP) is 5.40. The normalized spacial score (nSPS) is 14.7. The summed E-state index contributed by atoms with van der Waals surface area (Å²) in [6.07, 6.45) is -4.34. The van der Waals surface area contributed by atoms with Gasteiger partial charge < -0.3 is 0 Å². The molecule has 2 rings (SSSR count). The van der Waals surface area contributed by atoms with Crippen molar-refractivity contribution in [2.24, 2.45) is 0 Å². The average Bonchev–Trinajstić information content (AvgIpc) is 2.45. The van der Waals surface area contributed by atoms with Crippen LogP contribution >= 0.6 is 15.9 Å². The summed E-state index contributed by atoms with van der Waals surface area (Å²) in [4.78, 5) is 0. The lowest BCUT2D eigenvalue weighted by Crippen LogP contribution is -2.35. The van der Waals surface area contributed by atoms with Crippen LogP contribution in [-0.2, 0) is 0 Å². The fraction of sp³-hybridized carbons (Fsp3) is 0.250.